The summed E-state index contributed by atoms with van der Waals surface area (Å²) in [7, 11) is 0.720. The number of imidazole rings is 1. The monoisotopic (exact) mass is 1030 g/mol. The van der Waals surface area contributed by atoms with Gasteiger partial charge in [-0.1, -0.05) is 26.0 Å². The number of imide groups is 1. The van der Waals surface area contributed by atoms with Crippen molar-refractivity contribution >= 4 is 96.6 Å². The second kappa shape index (κ2) is 19.4. The van der Waals surface area contributed by atoms with Crippen LogP contribution in [-0.2, 0) is 34.0 Å². The molecule has 1 atom stereocenters. The van der Waals surface area contributed by atoms with Crippen LogP contribution in [0.15, 0.2) is 70.1 Å². The third-order valence-electron chi connectivity index (χ3n) is 14.8. The normalized spacial score (nSPS) is 18.9. The third-order valence-corrected chi connectivity index (χ3v) is 17.0. The highest BCUT2D eigenvalue weighted by molar-refractivity contribution is 9.10. The molecule has 7 heterocycles. The number of carbonyl (C=O) groups is 2. The minimum Gasteiger partial charge on any atom is -0.494 e. The Morgan fingerprint density at radius 2 is 1.57 bits per heavy atom. The first-order valence-electron chi connectivity index (χ1n) is 24.5. The number of amides is 2. The summed E-state index contributed by atoms with van der Waals surface area (Å²) in [6, 6.07) is 18.4. The molecule has 4 saturated heterocycles. The second-order valence-corrected chi connectivity index (χ2v) is 23.4. The van der Waals surface area contributed by atoms with Crippen molar-refractivity contribution in [2.45, 2.75) is 70.5 Å². The maximum Gasteiger partial charge on any atom is 0.329 e. The van der Waals surface area contributed by atoms with Crippen molar-refractivity contribution in [1.29, 1.82) is 0 Å². The van der Waals surface area contributed by atoms with Crippen molar-refractivity contribution in [2.24, 2.45) is 7.05 Å². The van der Waals surface area contributed by atoms with E-state index in [9.17, 15) is 18.9 Å². The largest absolute Gasteiger partial charge is 0.494 e. The highest BCUT2D eigenvalue weighted by atomic mass is 79.9. The van der Waals surface area contributed by atoms with Crippen molar-refractivity contribution in [3.05, 3.63) is 87.0 Å². The highest BCUT2D eigenvalue weighted by Gasteiger charge is 2.38. The van der Waals surface area contributed by atoms with Gasteiger partial charge in [0.05, 0.1) is 45.2 Å². The van der Waals surface area contributed by atoms with Crippen LogP contribution in [0.1, 0.15) is 56.8 Å². The lowest BCUT2D eigenvalue weighted by molar-refractivity contribution is -0.135. The number of anilines is 6. The fourth-order valence-electron chi connectivity index (χ4n) is 11.1. The topological polar surface area (TPSA) is 175 Å². The summed E-state index contributed by atoms with van der Waals surface area (Å²) in [5.41, 5.74) is 8.02. The summed E-state index contributed by atoms with van der Waals surface area (Å²) in [5.74, 6) is 0.930. The number of benzene rings is 3. The fraction of sp³-hybridized carbons (Fsp3) is 0.451. The molecule has 0 radical (unpaired) electrons. The van der Waals surface area contributed by atoms with Crippen molar-refractivity contribution in [3.8, 4) is 5.75 Å². The number of methoxy groups -OCH3 is 1. The van der Waals surface area contributed by atoms with Crippen molar-refractivity contribution in [3.63, 3.8) is 0 Å². The van der Waals surface area contributed by atoms with Gasteiger partial charge in [0.2, 0.25) is 17.8 Å². The zero-order valence-electron chi connectivity index (χ0n) is 40.8. The number of pyridine rings is 1. The molecule has 3 aromatic heterocycles. The molecule has 2 amide bonds. The number of ether oxygens (including phenoxy) is 1. The molecule has 0 saturated carbocycles. The maximum atomic E-state index is 13.8. The van der Waals surface area contributed by atoms with Gasteiger partial charge in [0.15, 0.2) is 0 Å². The number of hydrogen-bond donors (Lipinski definition) is 3. The van der Waals surface area contributed by atoms with E-state index in [-0.39, 0.29) is 18.0 Å². The van der Waals surface area contributed by atoms with Crippen LogP contribution in [-0.4, -0.2) is 131 Å². The lowest BCUT2D eigenvalue weighted by Gasteiger charge is -2.50. The summed E-state index contributed by atoms with van der Waals surface area (Å²) < 4.78 is 23.6. The molecular formula is C51H62BrN12O5P. The molecule has 3 N–H and O–H groups in total. The molecule has 19 heteroatoms. The van der Waals surface area contributed by atoms with Crippen LogP contribution < -0.4 is 41.5 Å². The molecule has 0 spiro atoms. The number of piperidine rings is 2. The van der Waals surface area contributed by atoms with E-state index in [0.29, 0.717) is 46.2 Å². The minimum absolute atomic E-state index is 0.217. The first-order valence-corrected chi connectivity index (χ1v) is 27.9. The third kappa shape index (κ3) is 9.07. The van der Waals surface area contributed by atoms with Gasteiger partial charge in [-0.2, -0.15) is 4.98 Å². The standard InChI is InChI=1S/C51H62BrN12O5P/c1-7-31-26-39(56-50-53-28-36(52)48(58-50)55-38-15-14-37-35(47(38)70(5,6)68)13-12-32(8-2)54-37)44(69-4)27-43(31)62-20-18-33(19-21-62)60-22-24-61(25-23-60)34-29-63(30-34)40-10-9-11-41-46(40)59(3)51(67)64(41)42-16-17-45(65)57-49(42)66/h9-15,26-28,33-34,42H,7-8,16-25,29-30H2,1-6H3,(H,57,65,66)(H2,53,55,56,58). The van der Waals surface area contributed by atoms with E-state index in [4.69, 9.17) is 14.7 Å². The average molecular weight is 1030 g/mol. The number of fused-ring (bicyclic) bond motifs is 2. The average Bonchev–Trinajstić information content (AvgIpc) is 3.60. The van der Waals surface area contributed by atoms with E-state index in [1.165, 1.54) is 11.3 Å². The van der Waals surface area contributed by atoms with Crippen LogP contribution in [0.4, 0.5) is 34.5 Å². The smallest absolute Gasteiger partial charge is 0.329 e. The number of piperazine rings is 1. The Bertz CT molecular complexity index is 3110. The fourth-order valence-corrected chi connectivity index (χ4v) is 12.8. The molecular weight excluding hydrogens is 972 g/mol. The number of rotatable bonds is 13. The van der Waals surface area contributed by atoms with Crippen molar-refractivity contribution < 1.29 is 18.9 Å². The number of aromatic nitrogens is 5. The molecule has 0 aliphatic carbocycles. The molecule has 4 fully saturated rings. The van der Waals surface area contributed by atoms with Gasteiger partial charge in [-0.3, -0.25) is 38.8 Å². The number of para-hydroxylation sites is 1. The van der Waals surface area contributed by atoms with Gasteiger partial charge in [0, 0.05) is 112 Å². The Hall–Kier alpha value is -5.81. The quantitative estimate of drug-likeness (QED) is 0.0818. The van der Waals surface area contributed by atoms with E-state index >= 15 is 0 Å². The van der Waals surface area contributed by atoms with Gasteiger partial charge < -0.3 is 29.7 Å². The first kappa shape index (κ1) is 47.8. The Balaban J connectivity index is 0.756. The predicted octanol–water partition coefficient (Wildman–Crippen LogP) is 6.76. The molecule has 70 heavy (non-hydrogen) atoms. The Morgan fingerprint density at radius 3 is 2.26 bits per heavy atom. The van der Waals surface area contributed by atoms with Crippen molar-refractivity contribution in [2.75, 3.05) is 93.2 Å². The van der Waals surface area contributed by atoms with Crippen LogP contribution in [0.3, 0.4) is 0 Å². The van der Waals surface area contributed by atoms with Gasteiger partial charge in [-0.05, 0) is 103 Å². The van der Waals surface area contributed by atoms with Crippen LogP contribution in [0.25, 0.3) is 21.9 Å². The predicted molar refractivity (Wildman–Crippen MR) is 282 cm³/mol. The highest BCUT2D eigenvalue weighted by Crippen LogP contribution is 2.43. The molecule has 10 rings (SSSR count). The van der Waals surface area contributed by atoms with E-state index in [0.717, 1.165) is 122 Å². The van der Waals surface area contributed by atoms with Gasteiger partial charge in [0.25, 0.3) is 0 Å². The molecule has 4 aliphatic heterocycles. The number of carbonyl (C=O) groups excluding carboxylic acids is 2. The molecule has 368 valence electrons. The van der Waals surface area contributed by atoms with E-state index < -0.39 is 19.1 Å². The summed E-state index contributed by atoms with van der Waals surface area (Å²) in [6.07, 6.45) is 6.09. The van der Waals surface area contributed by atoms with Crippen LogP contribution in [0.5, 0.6) is 5.75 Å². The van der Waals surface area contributed by atoms with Crippen molar-refractivity contribution in [1.82, 2.24) is 39.2 Å². The van der Waals surface area contributed by atoms with Crippen LogP contribution in [0.2, 0.25) is 0 Å². The zero-order chi connectivity index (χ0) is 49.0. The molecule has 6 aromatic rings. The first-order chi connectivity index (χ1) is 33.7. The Morgan fingerprint density at radius 1 is 0.829 bits per heavy atom. The van der Waals surface area contributed by atoms with Gasteiger partial charge in [-0.15, -0.1) is 0 Å². The van der Waals surface area contributed by atoms with Crippen LogP contribution >= 0.6 is 23.1 Å². The molecule has 3 aromatic carbocycles. The maximum absolute atomic E-state index is 13.8. The van der Waals surface area contributed by atoms with Gasteiger partial charge in [-0.25, -0.2) is 9.78 Å². The number of nitrogens with zero attached hydrogens (tertiary/aromatic N) is 9. The molecule has 17 nitrogen and oxygen atoms in total. The lowest BCUT2D eigenvalue weighted by Crippen LogP contribution is -2.64. The number of nitrogens with one attached hydrogen (secondary N) is 3. The van der Waals surface area contributed by atoms with Crippen LogP contribution in [0, 0.1) is 0 Å². The Kier molecular flexibility index (Phi) is 13.3. The summed E-state index contributed by atoms with van der Waals surface area (Å²) in [6.45, 7) is 15.7. The van der Waals surface area contributed by atoms with Gasteiger partial charge >= 0.3 is 5.69 Å². The summed E-state index contributed by atoms with van der Waals surface area (Å²) in [4.78, 5) is 62.6. The Labute approximate surface area is 416 Å². The number of hydrogen-bond acceptors (Lipinski definition) is 14. The summed E-state index contributed by atoms with van der Waals surface area (Å²) >= 11 is 3.64. The number of halogens is 1. The lowest BCUT2D eigenvalue weighted by atomic mass is 9.98. The SMILES string of the molecule is CCc1ccc2c(P(C)(C)=O)c(Nc3nc(Nc4cc(CC)c(N5CCC(N6CCN(C7CN(c8cccc9c8n(C)c(=O)n9C8CCC(=O)NC8=O)C7)CC6)CC5)cc4OC)ncc3Br)ccc2n1. The van der Waals surface area contributed by atoms with E-state index in [1.54, 1.807) is 42.8 Å². The van der Waals surface area contributed by atoms with E-state index in [1.807, 2.05) is 36.4 Å². The molecule has 1 unspecified atom stereocenters. The van der Waals surface area contributed by atoms with Gasteiger partial charge in [0.1, 0.15) is 24.8 Å². The summed E-state index contributed by atoms with van der Waals surface area (Å²) in [5, 5.41) is 10.9. The molecule has 4 aliphatic rings. The zero-order valence-corrected chi connectivity index (χ0v) is 43.3. The minimum atomic E-state index is -2.74. The van der Waals surface area contributed by atoms with E-state index in [2.05, 4.69) is 88.5 Å². The molecule has 0 bridgehead atoms. The second-order valence-electron chi connectivity index (χ2n) is 19.4. The number of aryl methyl sites for hydroxylation is 3.